The number of nitrogens with one attached hydrogen (secondary N) is 1. The van der Waals surface area contributed by atoms with Gasteiger partial charge in [0.1, 0.15) is 6.04 Å². The van der Waals surface area contributed by atoms with Crippen molar-refractivity contribution in [3.05, 3.63) is 105 Å². The summed E-state index contributed by atoms with van der Waals surface area (Å²) in [5.74, 6) is -0.226. The van der Waals surface area contributed by atoms with Gasteiger partial charge in [0.15, 0.2) is 5.82 Å². The lowest BCUT2D eigenvalue weighted by Gasteiger charge is -2.38. The highest BCUT2D eigenvalue weighted by Crippen LogP contribution is 2.47. The molecule has 46 heavy (non-hydrogen) atoms. The van der Waals surface area contributed by atoms with Crippen molar-refractivity contribution in [2.45, 2.75) is 56.5 Å². The number of benzene rings is 2. The molecular formula is C36H45N7O3. The monoisotopic (exact) mass is 623 g/mol. The van der Waals surface area contributed by atoms with Crippen molar-refractivity contribution in [2.24, 2.45) is 7.05 Å². The van der Waals surface area contributed by atoms with Crippen LogP contribution in [0.2, 0.25) is 0 Å². The zero-order chi connectivity index (χ0) is 33.3. The van der Waals surface area contributed by atoms with Crippen LogP contribution in [0.25, 0.3) is 5.70 Å². The third kappa shape index (κ3) is 5.99. The Labute approximate surface area is 271 Å². The molecule has 10 nitrogen and oxygen atoms in total. The summed E-state index contributed by atoms with van der Waals surface area (Å²) in [5, 5.41) is 13.3. The maximum Gasteiger partial charge on any atom is 0.459 e. The SMILES string of the molecule is C=C(c1ccc2c(c1)CCc1cc(C(=O)N(C)C)ccc1C2(C[C@@H](C)NCC(=C)N1CCCC1C#N)c1nc(=O)on1C)N(C)C. The van der Waals surface area contributed by atoms with E-state index in [9.17, 15) is 14.9 Å². The number of carbonyl (C=O) groups is 1. The van der Waals surface area contributed by atoms with Crippen LogP contribution in [0.4, 0.5) is 0 Å². The number of hydrogen-bond donors (Lipinski definition) is 1. The van der Waals surface area contributed by atoms with Crippen LogP contribution in [0.15, 0.2) is 64.6 Å². The predicted octanol–water partition coefficient (Wildman–Crippen LogP) is 3.91. The van der Waals surface area contributed by atoms with Gasteiger partial charge in [0, 0.05) is 71.3 Å². The molecular weight excluding hydrogens is 578 g/mol. The van der Waals surface area contributed by atoms with Crippen molar-refractivity contribution in [3.8, 4) is 6.07 Å². The minimum Gasteiger partial charge on any atom is -0.378 e. The first-order valence-corrected chi connectivity index (χ1v) is 15.8. The summed E-state index contributed by atoms with van der Waals surface area (Å²) in [6, 6.07) is 14.5. The number of likely N-dealkylation sites (tertiary alicyclic amines) is 1. The molecule has 1 N–H and O–H groups in total. The Balaban J connectivity index is 1.67. The average molecular weight is 624 g/mol. The molecule has 0 radical (unpaired) electrons. The zero-order valence-electron chi connectivity index (χ0n) is 27.9. The first kappa shape index (κ1) is 32.8. The fourth-order valence-electron chi connectivity index (χ4n) is 7.14. The van der Waals surface area contributed by atoms with Crippen LogP contribution in [-0.2, 0) is 25.3 Å². The van der Waals surface area contributed by atoms with Gasteiger partial charge >= 0.3 is 5.76 Å². The number of aryl methyl sites for hydroxylation is 3. The third-order valence-corrected chi connectivity index (χ3v) is 9.49. The molecule has 1 saturated heterocycles. The van der Waals surface area contributed by atoms with E-state index in [0.717, 1.165) is 65.0 Å². The van der Waals surface area contributed by atoms with Crippen molar-refractivity contribution >= 4 is 11.6 Å². The van der Waals surface area contributed by atoms with Crippen LogP contribution >= 0.6 is 0 Å². The third-order valence-electron chi connectivity index (χ3n) is 9.49. The molecule has 10 heteroatoms. The summed E-state index contributed by atoms with van der Waals surface area (Å²) >= 11 is 0. The molecule has 1 aliphatic heterocycles. The second-order valence-electron chi connectivity index (χ2n) is 13.0. The van der Waals surface area contributed by atoms with Gasteiger partial charge in [-0.05, 0) is 85.0 Å². The lowest BCUT2D eigenvalue weighted by atomic mass is 9.67. The summed E-state index contributed by atoms with van der Waals surface area (Å²) in [6.45, 7) is 12.1. The molecule has 2 unspecified atom stereocenters. The summed E-state index contributed by atoms with van der Waals surface area (Å²) in [5.41, 5.74) is 6.69. The van der Waals surface area contributed by atoms with E-state index in [1.54, 1.807) is 26.0 Å². The van der Waals surface area contributed by atoms with E-state index in [4.69, 9.17) is 4.52 Å². The summed E-state index contributed by atoms with van der Waals surface area (Å²) in [4.78, 5) is 36.0. The molecule has 0 bridgehead atoms. The van der Waals surface area contributed by atoms with E-state index < -0.39 is 11.2 Å². The van der Waals surface area contributed by atoms with Gasteiger partial charge in [0.25, 0.3) is 5.91 Å². The van der Waals surface area contributed by atoms with Gasteiger partial charge in [-0.1, -0.05) is 31.4 Å². The number of hydrogen-bond acceptors (Lipinski definition) is 8. The first-order valence-electron chi connectivity index (χ1n) is 15.8. The van der Waals surface area contributed by atoms with Crippen LogP contribution in [0.3, 0.4) is 0 Å². The van der Waals surface area contributed by atoms with Gasteiger partial charge in [-0.15, -0.1) is 0 Å². The number of rotatable bonds is 10. The number of aromatic nitrogens is 2. The van der Waals surface area contributed by atoms with Crippen LogP contribution in [0.5, 0.6) is 0 Å². The second kappa shape index (κ2) is 13.0. The maximum absolute atomic E-state index is 13.1. The highest BCUT2D eigenvalue weighted by atomic mass is 16.5. The van der Waals surface area contributed by atoms with Gasteiger partial charge in [0.2, 0.25) is 0 Å². The highest BCUT2D eigenvalue weighted by molar-refractivity contribution is 5.94. The zero-order valence-corrected chi connectivity index (χ0v) is 27.9. The van der Waals surface area contributed by atoms with E-state index in [-0.39, 0.29) is 18.0 Å². The lowest BCUT2D eigenvalue weighted by molar-refractivity contribution is 0.0827. The van der Waals surface area contributed by atoms with E-state index in [1.165, 1.54) is 4.74 Å². The molecule has 1 aliphatic carbocycles. The topological polar surface area (TPSA) is 111 Å². The summed E-state index contributed by atoms with van der Waals surface area (Å²) in [7, 11) is 9.17. The minimum absolute atomic E-state index is 0.0697. The van der Waals surface area contributed by atoms with Gasteiger partial charge in [-0.3, -0.25) is 4.79 Å². The van der Waals surface area contributed by atoms with Crippen LogP contribution in [0.1, 0.15) is 70.2 Å². The number of fused-ring (bicyclic) bond motifs is 2. The van der Waals surface area contributed by atoms with Crippen molar-refractivity contribution < 1.29 is 9.32 Å². The molecule has 3 aromatic rings. The maximum atomic E-state index is 13.1. The highest BCUT2D eigenvalue weighted by Gasteiger charge is 2.46. The Kier molecular flexibility index (Phi) is 9.27. The molecule has 0 saturated carbocycles. The van der Waals surface area contributed by atoms with Crippen LogP contribution < -0.4 is 11.1 Å². The average Bonchev–Trinajstić information content (AvgIpc) is 3.62. The number of amides is 1. The molecule has 2 heterocycles. The standard InChI is InChI=1S/C36H45N7O3/c1-23(38-22-24(2)43-17-9-10-30(43)21-37)20-36(34-39-35(45)46-42(34)8)31-15-13-26(25(3)40(4)5)18-27(31)11-12-28-19-29(14-16-32(28)36)33(44)41(6)7/h13-16,18-19,23,30,38H,2-3,9-12,17,20,22H2,1,4-8H3/t23-,30?,36?/m1/s1. The molecule has 1 aromatic heterocycles. The Morgan fingerprint density at radius 1 is 1.11 bits per heavy atom. The number of nitrogens with zero attached hydrogens (tertiary/aromatic N) is 6. The normalized spacial score (nSPS) is 19.4. The van der Waals surface area contributed by atoms with Crippen molar-refractivity contribution in [2.75, 3.05) is 41.3 Å². The quantitative estimate of drug-likeness (QED) is 0.362. The minimum atomic E-state index is -0.893. The van der Waals surface area contributed by atoms with Gasteiger partial charge in [-0.25, -0.2) is 4.79 Å². The molecule has 2 aliphatic rings. The molecule has 5 rings (SSSR count). The summed E-state index contributed by atoms with van der Waals surface area (Å²) < 4.78 is 7.00. The molecule has 2 aromatic carbocycles. The molecule has 1 fully saturated rings. The van der Waals surface area contributed by atoms with E-state index in [1.807, 2.05) is 37.2 Å². The Bertz CT molecular complexity index is 1690. The van der Waals surface area contributed by atoms with Crippen molar-refractivity contribution in [3.63, 3.8) is 0 Å². The molecule has 242 valence electrons. The van der Waals surface area contributed by atoms with Gasteiger partial charge in [0.05, 0.1) is 11.5 Å². The Morgan fingerprint density at radius 2 is 1.74 bits per heavy atom. The van der Waals surface area contributed by atoms with Crippen molar-refractivity contribution in [1.82, 2.24) is 29.7 Å². The van der Waals surface area contributed by atoms with Gasteiger partial charge in [-0.2, -0.15) is 15.0 Å². The van der Waals surface area contributed by atoms with Crippen LogP contribution in [0, 0.1) is 11.3 Å². The second-order valence-corrected chi connectivity index (χ2v) is 13.0. The summed E-state index contributed by atoms with van der Waals surface area (Å²) in [6.07, 6.45) is 3.79. The van der Waals surface area contributed by atoms with E-state index in [2.05, 4.69) is 59.6 Å². The largest absolute Gasteiger partial charge is 0.459 e. The lowest BCUT2D eigenvalue weighted by Crippen LogP contribution is -2.43. The fourth-order valence-corrected chi connectivity index (χ4v) is 7.14. The first-order chi connectivity index (χ1) is 21.9. The van der Waals surface area contributed by atoms with E-state index in [0.29, 0.717) is 30.8 Å². The van der Waals surface area contributed by atoms with Gasteiger partial charge < -0.3 is 24.5 Å². The number of nitriles is 1. The smallest absolute Gasteiger partial charge is 0.378 e. The molecule has 0 spiro atoms. The van der Waals surface area contributed by atoms with E-state index >= 15 is 0 Å². The van der Waals surface area contributed by atoms with Crippen molar-refractivity contribution in [1.29, 1.82) is 5.26 Å². The Hall–Kier alpha value is -4.62. The molecule has 3 atom stereocenters. The predicted molar refractivity (Wildman–Crippen MR) is 179 cm³/mol. The van der Waals surface area contributed by atoms with Crippen LogP contribution in [-0.4, -0.2) is 83.7 Å². The number of carbonyl (C=O) groups excluding carboxylic acids is 1. The fraction of sp³-hybridized carbons (Fsp3) is 0.444. The molecule has 1 amide bonds. The Morgan fingerprint density at radius 3 is 2.30 bits per heavy atom.